The molecule has 2 N–H and O–H groups in total. The smallest absolute Gasteiger partial charge is 0.321 e. The second kappa shape index (κ2) is 7.41. The summed E-state index contributed by atoms with van der Waals surface area (Å²) >= 11 is 1.34. The number of hydrogen-bond acceptors (Lipinski definition) is 4. The Hall–Kier alpha value is -2.15. The van der Waals surface area contributed by atoms with Crippen LogP contribution in [0.1, 0.15) is 25.1 Å². The molecule has 0 unspecified atom stereocenters. The Morgan fingerprint density at radius 2 is 2.04 bits per heavy atom. The number of aromatic nitrogens is 1. The zero-order chi connectivity index (χ0) is 16.9. The van der Waals surface area contributed by atoms with Crippen molar-refractivity contribution in [3.63, 3.8) is 0 Å². The summed E-state index contributed by atoms with van der Waals surface area (Å²) in [5, 5.41) is 7.41. The van der Waals surface area contributed by atoms with Crippen molar-refractivity contribution in [1.29, 1.82) is 0 Å². The summed E-state index contributed by atoms with van der Waals surface area (Å²) in [4.78, 5) is 16.0. The lowest BCUT2D eigenvalue weighted by molar-refractivity contribution is 0.251. The number of carbonyl (C=O) groups is 1. The van der Waals surface area contributed by atoms with Crippen molar-refractivity contribution in [2.45, 2.75) is 19.3 Å². The number of urea groups is 1. The van der Waals surface area contributed by atoms with Crippen LogP contribution < -0.4 is 15.4 Å². The van der Waals surface area contributed by atoms with Crippen LogP contribution in [0.3, 0.4) is 0 Å². The van der Waals surface area contributed by atoms with E-state index in [0.29, 0.717) is 5.13 Å². The van der Waals surface area contributed by atoms with Crippen LogP contribution in [-0.2, 0) is 5.41 Å². The van der Waals surface area contributed by atoms with Crippen LogP contribution in [0.4, 0.5) is 14.3 Å². The fourth-order valence-corrected chi connectivity index (χ4v) is 2.95. The highest BCUT2D eigenvalue weighted by molar-refractivity contribution is 7.13. The number of thiazole rings is 1. The minimum absolute atomic E-state index is 0.0125. The number of amides is 2. The Bertz CT molecular complexity index is 656. The molecule has 1 aromatic carbocycles. The molecule has 2 rings (SSSR count). The summed E-state index contributed by atoms with van der Waals surface area (Å²) in [7, 11) is 1.63. The van der Waals surface area contributed by atoms with Gasteiger partial charge in [-0.05, 0) is 17.7 Å². The fourth-order valence-electron chi connectivity index (χ4n) is 2.08. The van der Waals surface area contributed by atoms with Crippen molar-refractivity contribution < 1.29 is 13.9 Å². The monoisotopic (exact) mass is 337 g/mol. The molecule has 1 heterocycles. The zero-order valence-corrected chi connectivity index (χ0v) is 14.2. The van der Waals surface area contributed by atoms with E-state index in [0.717, 1.165) is 17.0 Å². The molecule has 2 amide bonds. The lowest BCUT2D eigenvalue weighted by Crippen LogP contribution is -2.30. The van der Waals surface area contributed by atoms with E-state index in [9.17, 15) is 9.18 Å². The number of nitrogens with zero attached hydrogens (tertiary/aromatic N) is 1. The molecule has 7 heteroatoms. The Kier molecular flexibility index (Phi) is 5.54. The molecule has 2 aromatic rings. The highest BCUT2D eigenvalue weighted by Gasteiger charge is 2.26. The highest BCUT2D eigenvalue weighted by atomic mass is 32.1. The minimum Gasteiger partial charge on any atom is -0.497 e. The SMILES string of the molecule is COc1ccc(C(C)(C)c2csc(NC(=O)NCCF)n2)cc1. The number of hydrogen-bond donors (Lipinski definition) is 2. The van der Waals surface area contributed by atoms with Crippen molar-refractivity contribution in [3.05, 3.63) is 40.9 Å². The molecule has 0 bridgehead atoms. The third-order valence-corrected chi connectivity index (χ3v) is 4.31. The average Bonchev–Trinajstić information content (AvgIpc) is 3.02. The molecule has 0 radical (unpaired) electrons. The number of rotatable bonds is 6. The maximum Gasteiger partial charge on any atom is 0.321 e. The van der Waals surface area contributed by atoms with E-state index in [4.69, 9.17) is 4.74 Å². The second-order valence-corrected chi connectivity index (χ2v) is 6.32. The van der Waals surface area contributed by atoms with Gasteiger partial charge in [0.25, 0.3) is 0 Å². The van der Waals surface area contributed by atoms with Crippen molar-refractivity contribution >= 4 is 22.5 Å². The van der Waals surface area contributed by atoms with Gasteiger partial charge < -0.3 is 10.1 Å². The van der Waals surface area contributed by atoms with E-state index in [2.05, 4.69) is 29.5 Å². The van der Waals surface area contributed by atoms with Crippen LogP contribution in [0, 0.1) is 0 Å². The molecule has 0 saturated heterocycles. The van der Waals surface area contributed by atoms with Crippen LogP contribution in [0.5, 0.6) is 5.75 Å². The van der Waals surface area contributed by atoms with Crippen molar-refractivity contribution in [2.75, 3.05) is 25.6 Å². The van der Waals surface area contributed by atoms with Gasteiger partial charge in [-0.15, -0.1) is 11.3 Å². The Morgan fingerprint density at radius 1 is 1.35 bits per heavy atom. The Morgan fingerprint density at radius 3 is 2.65 bits per heavy atom. The van der Waals surface area contributed by atoms with Crippen LogP contribution in [0.15, 0.2) is 29.6 Å². The molecule has 1 aromatic heterocycles. The summed E-state index contributed by atoms with van der Waals surface area (Å²) in [6, 6.07) is 7.37. The number of ether oxygens (including phenoxy) is 1. The van der Waals surface area contributed by atoms with Gasteiger partial charge in [0.05, 0.1) is 12.8 Å². The summed E-state index contributed by atoms with van der Waals surface area (Å²) in [5.41, 5.74) is 1.64. The van der Waals surface area contributed by atoms with Crippen LogP contribution >= 0.6 is 11.3 Å². The highest BCUT2D eigenvalue weighted by Crippen LogP contribution is 2.34. The fraction of sp³-hybridized carbons (Fsp3) is 0.375. The largest absolute Gasteiger partial charge is 0.497 e. The molecule has 23 heavy (non-hydrogen) atoms. The van der Waals surface area contributed by atoms with E-state index in [1.54, 1.807) is 7.11 Å². The number of halogens is 1. The second-order valence-electron chi connectivity index (χ2n) is 5.46. The number of benzene rings is 1. The predicted octanol–water partition coefficient (Wildman–Crippen LogP) is 3.57. The first-order valence-corrected chi connectivity index (χ1v) is 8.06. The number of methoxy groups -OCH3 is 1. The third-order valence-electron chi connectivity index (χ3n) is 3.56. The standard InChI is InChI=1S/C16H20FN3O2S/c1-16(2,11-4-6-12(22-3)7-5-11)13-10-23-15(19-13)20-14(21)18-9-8-17/h4-7,10H,8-9H2,1-3H3,(H2,18,19,20,21). The summed E-state index contributed by atoms with van der Waals surface area (Å²) in [6.45, 7) is 3.52. The number of carbonyl (C=O) groups excluding carboxylic acids is 1. The van der Waals surface area contributed by atoms with Crippen molar-refractivity contribution in [2.24, 2.45) is 0 Å². The van der Waals surface area contributed by atoms with Gasteiger partial charge >= 0.3 is 6.03 Å². The Balaban J connectivity index is 2.12. The van der Waals surface area contributed by atoms with Crippen molar-refractivity contribution in [3.8, 4) is 5.75 Å². The van der Waals surface area contributed by atoms with Crippen LogP contribution in [0.2, 0.25) is 0 Å². The minimum atomic E-state index is -0.596. The average molecular weight is 337 g/mol. The summed E-state index contributed by atoms with van der Waals surface area (Å²) in [5.74, 6) is 0.801. The molecule has 5 nitrogen and oxygen atoms in total. The lowest BCUT2D eigenvalue weighted by Gasteiger charge is -2.23. The van der Waals surface area contributed by atoms with E-state index in [1.165, 1.54) is 11.3 Å². The molecule has 0 aliphatic carbocycles. The quantitative estimate of drug-likeness (QED) is 0.847. The normalized spacial score (nSPS) is 11.1. The molecule has 0 saturated carbocycles. The lowest BCUT2D eigenvalue weighted by atomic mass is 9.82. The van der Waals surface area contributed by atoms with E-state index in [-0.39, 0.29) is 12.0 Å². The van der Waals surface area contributed by atoms with Gasteiger partial charge in [-0.2, -0.15) is 0 Å². The van der Waals surface area contributed by atoms with E-state index >= 15 is 0 Å². The van der Waals surface area contributed by atoms with Gasteiger partial charge in [-0.1, -0.05) is 26.0 Å². The van der Waals surface area contributed by atoms with Gasteiger partial charge in [0.15, 0.2) is 5.13 Å². The number of nitrogens with one attached hydrogen (secondary N) is 2. The van der Waals surface area contributed by atoms with Gasteiger partial charge in [0.1, 0.15) is 12.4 Å². The Labute approximate surface area is 138 Å². The molecular weight excluding hydrogens is 317 g/mol. The van der Waals surface area contributed by atoms with Gasteiger partial charge in [-0.25, -0.2) is 14.2 Å². The predicted molar refractivity (Wildman–Crippen MR) is 90.2 cm³/mol. The first-order chi connectivity index (χ1) is 11.0. The molecule has 0 spiro atoms. The first kappa shape index (κ1) is 17.2. The van der Waals surface area contributed by atoms with Gasteiger partial charge in [0, 0.05) is 17.3 Å². The number of anilines is 1. The van der Waals surface area contributed by atoms with E-state index < -0.39 is 12.7 Å². The van der Waals surface area contributed by atoms with Crippen molar-refractivity contribution in [1.82, 2.24) is 10.3 Å². The molecule has 0 aliphatic rings. The van der Waals surface area contributed by atoms with Gasteiger partial charge in [0.2, 0.25) is 0 Å². The van der Waals surface area contributed by atoms with E-state index in [1.807, 2.05) is 29.6 Å². The molecule has 0 aliphatic heterocycles. The maximum absolute atomic E-state index is 12.0. The topological polar surface area (TPSA) is 63.2 Å². The molecule has 0 atom stereocenters. The van der Waals surface area contributed by atoms with Crippen LogP contribution in [-0.4, -0.2) is 31.3 Å². The first-order valence-electron chi connectivity index (χ1n) is 7.18. The number of alkyl halides is 1. The zero-order valence-electron chi connectivity index (χ0n) is 13.4. The van der Waals surface area contributed by atoms with Crippen LogP contribution in [0.25, 0.3) is 0 Å². The third kappa shape index (κ3) is 4.19. The molecule has 0 fully saturated rings. The maximum atomic E-state index is 12.0. The van der Waals surface area contributed by atoms with Gasteiger partial charge in [-0.3, -0.25) is 5.32 Å². The molecule has 124 valence electrons. The summed E-state index contributed by atoms with van der Waals surface area (Å²) in [6.07, 6.45) is 0. The molecular formula is C16H20FN3O2S. The summed E-state index contributed by atoms with van der Waals surface area (Å²) < 4.78 is 17.2.